The van der Waals surface area contributed by atoms with Gasteiger partial charge in [0.2, 0.25) is 0 Å². The largest absolute Gasteiger partial charge is 0.370 e. The van der Waals surface area contributed by atoms with Crippen LogP contribution in [0.4, 0.5) is 0 Å². The molecule has 0 bridgehead atoms. The van der Waals surface area contributed by atoms with E-state index in [0.29, 0.717) is 17.9 Å². The number of aliphatic imine (C=N–C) groups is 1. The van der Waals surface area contributed by atoms with Crippen LogP contribution >= 0.6 is 0 Å². The van der Waals surface area contributed by atoms with E-state index >= 15 is 0 Å². The highest BCUT2D eigenvalue weighted by Gasteiger charge is 2.34. The second-order valence-electron chi connectivity index (χ2n) is 7.48. The molecular formula is C17H34N4. The number of hydrogen-bond donors (Lipinski definition) is 2. The second-order valence-corrected chi connectivity index (χ2v) is 7.48. The van der Waals surface area contributed by atoms with Gasteiger partial charge in [0, 0.05) is 25.2 Å². The molecule has 1 heterocycles. The van der Waals surface area contributed by atoms with E-state index < -0.39 is 0 Å². The molecule has 0 aromatic heterocycles. The Kier molecular flexibility index (Phi) is 6.34. The fourth-order valence-electron chi connectivity index (χ4n) is 3.21. The Balaban J connectivity index is 1.59. The predicted molar refractivity (Wildman–Crippen MR) is 90.5 cm³/mol. The molecule has 0 radical (unpaired) electrons. The van der Waals surface area contributed by atoms with Gasteiger partial charge in [0.15, 0.2) is 5.96 Å². The molecule has 1 aliphatic carbocycles. The van der Waals surface area contributed by atoms with Crippen LogP contribution in [0.3, 0.4) is 0 Å². The van der Waals surface area contributed by atoms with Gasteiger partial charge in [-0.3, -0.25) is 4.99 Å². The van der Waals surface area contributed by atoms with Crippen molar-refractivity contribution in [3.05, 3.63) is 0 Å². The molecule has 2 unspecified atom stereocenters. The van der Waals surface area contributed by atoms with E-state index in [0.717, 1.165) is 18.5 Å². The Bertz CT molecular complexity index is 336. The molecule has 0 aromatic carbocycles. The summed E-state index contributed by atoms with van der Waals surface area (Å²) >= 11 is 0. The van der Waals surface area contributed by atoms with Crippen molar-refractivity contribution in [2.75, 3.05) is 19.6 Å². The number of likely N-dealkylation sites (tertiary alicyclic amines) is 1. The molecule has 2 fully saturated rings. The molecule has 0 amide bonds. The molecule has 2 rings (SSSR count). The molecule has 2 aliphatic rings. The third-order valence-corrected chi connectivity index (χ3v) is 4.71. The Hall–Kier alpha value is -0.770. The standard InChI is InChI=1S/C17H34N4/c1-13(2)5-4-6-14(3)20-17(18)19-11-15-9-10-21(12-15)16-7-8-16/h13-16H,4-12H2,1-3H3,(H3,18,19,20). The lowest BCUT2D eigenvalue weighted by molar-refractivity contribution is 0.315. The van der Waals surface area contributed by atoms with Crippen LogP contribution in [0.1, 0.15) is 59.3 Å². The highest BCUT2D eigenvalue weighted by atomic mass is 15.2. The van der Waals surface area contributed by atoms with Gasteiger partial charge in [-0.1, -0.05) is 26.7 Å². The van der Waals surface area contributed by atoms with E-state index in [1.165, 1.54) is 51.6 Å². The van der Waals surface area contributed by atoms with Crippen molar-refractivity contribution in [3.8, 4) is 0 Å². The summed E-state index contributed by atoms with van der Waals surface area (Å²) in [5.74, 6) is 2.14. The Morgan fingerprint density at radius 2 is 2.00 bits per heavy atom. The molecule has 1 aliphatic heterocycles. The lowest BCUT2D eigenvalue weighted by atomic mass is 10.0. The first-order valence-electron chi connectivity index (χ1n) is 8.85. The lowest BCUT2D eigenvalue weighted by Crippen LogP contribution is -2.38. The van der Waals surface area contributed by atoms with Gasteiger partial charge < -0.3 is 16.0 Å². The zero-order valence-electron chi connectivity index (χ0n) is 14.1. The zero-order valence-corrected chi connectivity index (χ0v) is 14.1. The maximum Gasteiger partial charge on any atom is 0.188 e. The second kappa shape index (κ2) is 8.02. The van der Waals surface area contributed by atoms with E-state index in [9.17, 15) is 0 Å². The maximum atomic E-state index is 6.02. The molecule has 3 N–H and O–H groups in total. The van der Waals surface area contributed by atoms with Gasteiger partial charge in [0.25, 0.3) is 0 Å². The third-order valence-electron chi connectivity index (χ3n) is 4.71. The van der Waals surface area contributed by atoms with Crippen LogP contribution in [0.5, 0.6) is 0 Å². The zero-order chi connectivity index (χ0) is 15.2. The smallest absolute Gasteiger partial charge is 0.188 e. The number of nitrogens with one attached hydrogen (secondary N) is 1. The molecule has 0 spiro atoms. The minimum absolute atomic E-state index is 0.430. The summed E-state index contributed by atoms with van der Waals surface area (Å²) in [5.41, 5.74) is 6.02. The van der Waals surface area contributed by atoms with Gasteiger partial charge in [0.05, 0.1) is 0 Å². The van der Waals surface area contributed by atoms with Crippen molar-refractivity contribution < 1.29 is 0 Å². The van der Waals surface area contributed by atoms with E-state index in [1.54, 1.807) is 0 Å². The first-order valence-corrected chi connectivity index (χ1v) is 8.85. The fraction of sp³-hybridized carbons (Fsp3) is 0.941. The topological polar surface area (TPSA) is 53.6 Å². The maximum absolute atomic E-state index is 6.02. The van der Waals surface area contributed by atoms with E-state index in [-0.39, 0.29) is 0 Å². The highest BCUT2D eigenvalue weighted by Crippen LogP contribution is 2.31. The van der Waals surface area contributed by atoms with Crippen molar-refractivity contribution in [3.63, 3.8) is 0 Å². The summed E-state index contributed by atoms with van der Waals surface area (Å²) in [5, 5.41) is 3.34. The molecule has 21 heavy (non-hydrogen) atoms. The predicted octanol–water partition coefficient (Wildman–Crippen LogP) is 2.59. The number of rotatable bonds is 8. The average Bonchev–Trinajstić information content (AvgIpc) is 3.15. The summed E-state index contributed by atoms with van der Waals surface area (Å²) < 4.78 is 0. The van der Waals surface area contributed by atoms with Crippen LogP contribution in [-0.2, 0) is 0 Å². The summed E-state index contributed by atoms with van der Waals surface area (Å²) in [6, 6.07) is 1.33. The molecule has 2 atom stereocenters. The van der Waals surface area contributed by atoms with Crippen molar-refractivity contribution in [2.45, 2.75) is 71.4 Å². The quantitative estimate of drug-likeness (QED) is 0.534. The summed E-state index contributed by atoms with van der Waals surface area (Å²) in [7, 11) is 0. The SMILES string of the molecule is CC(C)CCCC(C)NC(N)=NCC1CCN(C2CC2)C1. The van der Waals surface area contributed by atoms with Gasteiger partial charge >= 0.3 is 0 Å². The van der Waals surface area contributed by atoms with E-state index in [1.807, 2.05) is 0 Å². The van der Waals surface area contributed by atoms with E-state index in [4.69, 9.17) is 5.73 Å². The first-order chi connectivity index (χ1) is 10.0. The molecule has 4 heteroatoms. The molecule has 0 aromatic rings. The lowest BCUT2D eigenvalue weighted by Gasteiger charge is -2.16. The number of guanidine groups is 1. The van der Waals surface area contributed by atoms with Crippen LogP contribution in [-0.4, -0.2) is 42.6 Å². The molecule has 4 nitrogen and oxygen atoms in total. The van der Waals surface area contributed by atoms with Gasteiger partial charge in [0.1, 0.15) is 0 Å². The third kappa shape index (κ3) is 6.25. The molecule has 1 saturated heterocycles. The normalized spacial score (nSPS) is 25.5. The minimum atomic E-state index is 0.430. The average molecular weight is 294 g/mol. The van der Waals surface area contributed by atoms with Gasteiger partial charge in [-0.15, -0.1) is 0 Å². The highest BCUT2D eigenvalue weighted by molar-refractivity contribution is 5.78. The number of nitrogens with zero attached hydrogens (tertiary/aromatic N) is 2. The van der Waals surface area contributed by atoms with E-state index in [2.05, 4.69) is 36.0 Å². The summed E-state index contributed by atoms with van der Waals surface area (Å²) in [6.07, 6.45) is 7.84. The van der Waals surface area contributed by atoms with Crippen molar-refractivity contribution in [1.82, 2.24) is 10.2 Å². The minimum Gasteiger partial charge on any atom is -0.370 e. The van der Waals surface area contributed by atoms with Crippen LogP contribution in [0.2, 0.25) is 0 Å². The van der Waals surface area contributed by atoms with Crippen molar-refractivity contribution in [2.24, 2.45) is 22.6 Å². The molecule has 1 saturated carbocycles. The number of hydrogen-bond acceptors (Lipinski definition) is 2. The van der Waals surface area contributed by atoms with Gasteiger partial charge in [-0.25, -0.2) is 0 Å². The Labute approximate surface area is 130 Å². The van der Waals surface area contributed by atoms with Crippen LogP contribution in [0.25, 0.3) is 0 Å². The van der Waals surface area contributed by atoms with Crippen molar-refractivity contribution >= 4 is 5.96 Å². The van der Waals surface area contributed by atoms with Crippen LogP contribution in [0.15, 0.2) is 4.99 Å². The number of nitrogens with two attached hydrogens (primary N) is 1. The monoisotopic (exact) mass is 294 g/mol. The Morgan fingerprint density at radius 1 is 1.24 bits per heavy atom. The molecule has 122 valence electrons. The van der Waals surface area contributed by atoms with Crippen LogP contribution < -0.4 is 11.1 Å². The van der Waals surface area contributed by atoms with Crippen molar-refractivity contribution in [1.29, 1.82) is 0 Å². The summed E-state index contributed by atoms with van der Waals surface area (Å²) in [4.78, 5) is 7.20. The van der Waals surface area contributed by atoms with Gasteiger partial charge in [-0.05, 0) is 51.0 Å². The first kappa shape index (κ1) is 16.6. The summed E-state index contributed by atoms with van der Waals surface area (Å²) in [6.45, 7) is 10.1. The molecular weight excluding hydrogens is 260 g/mol. The van der Waals surface area contributed by atoms with Gasteiger partial charge in [-0.2, -0.15) is 0 Å². The van der Waals surface area contributed by atoms with Crippen LogP contribution in [0, 0.1) is 11.8 Å². The Morgan fingerprint density at radius 3 is 2.67 bits per heavy atom. The fourth-order valence-corrected chi connectivity index (χ4v) is 3.21.